The predicted octanol–water partition coefficient (Wildman–Crippen LogP) is 0.613. The number of fused-ring (bicyclic) bond motifs is 1. The van der Waals surface area contributed by atoms with Crippen molar-refractivity contribution in [3.8, 4) is 23.7 Å². The molecule has 1 heterocycles. The van der Waals surface area contributed by atoms with Crippen LogP contribution in [0, 0.1) is 29.6 Å². The second-order valence-electron chi connectivity index (χ2n) is 8.77. The van der Waals surface area contributed by atoms with E-state index >= 15 is 0 Å². The van der Waals surface area contributed by atoms with E-state index in [0.717, 1.165) is 17.2 Å². The number of aromatic nitrogens is 2. The summed E-state index contributed by atoms with van der Waals surface area (Å²) in [4.78, 5) is 11.9. The molecule has 1 aromatic heterocycles. The topological polar surface area (TPSA) is 142 Å². The molecule has 33 heavy (non-hydrogen) atoms. The van der Waals surface area contributed by atoms with Gasteiger partial charge in [-0.25, -0.2) is 13.9 Å². The van der Waals surface area contributed by atoms with Gasteiger partial charge < -0.3 is 10.2 Å². The second kappa shape index (κ2) is 9.54. The van der Waals surface area contributed by atoms with Crippen molar-refractivity contribution >= 4 is 26.6 Å². The molecule has 3 rings (SSSR count). The second-order valence-corrected chi connectivity index (χ2v) is 11.2. The number of benzene rings is 1. The lowest BCUT2D eigenvalue weighted by atomic mass is 9.70. The van der Waals surface area contributed by atoms with Crippen molar-refractivity contribution in [3.05, 3.63) is 30.0 Å². The number of carbonyl (C=O) groups is 1. The Hall–Kier alpha value is -2.89. The summed E-state index contributed by atoms with van der Waals surface area (Å²) in [5, 5.41) is 33.3. The van der Waals surface area contributed by atoms with Gasteiger partial charge in [0.2, 0.25) is 0 Å². The number of hydrogen-bond donors (Lipinski definition) is 4. The molecule has 1 aliphatic carbocycles. The van der Waals surface area contributed by atoms with E-state index in [-0.39, 0.29) is 25.5 Å². The Balaban J connectivity index is 1.66. The Morgan fingerprint density at radius 3 is 2.73 bits per heavy atom. The van der Waals surface area contributed by atoms with Gasteiger partial charge in [-0.1, -0.05) is 11.8 Å². The summed E-state index contributed by atoms with van der Waals surface area (Å²) in [5.74, 6) is 10.5. The molecule has 2 aromatic rings. The fraction of sp³-hybridized carbons (Fsp3) is 0.478. The third-order valence-electron chi connectivity index (χ3n) is 6.14. The molecule has 0 bridgehead atoms. The van der Waals surface area contributed by atoms with Crippen LogP contribution in [0.25, 0.3) is 10.9 Å². The Labute approximate surface area is 192 Å². The fourth-order valence-electron chi connectivity index (χ4n) is 3.83. The number of aliphatic hydroxyl groups is 2. The molecule has 0 radical (unpaired) electrons. The van der Waals surface area contributed by atoms with E-state index in [1.807, 2.05) is 6.07 Å². The number of hydroxylamine groups is 1. The highest BCUT2D eigenvalue weighted by Crippen LogP contribution is 2.39. The van der Waals surface area contributed by atoms with Crippen LogP contribution in [0.5, 0.6) is 0 Å². The maximum absolute atomic E-state index is 12.1. The van der Waals surface area contributed by atoms with E-state index < -0.39 is 26.1 Å². The van der Waals surface area contributed by atoms with E-state index in [0.29, 0.717) is 24.8 Å². The summed E-state index contributed by atoms with van der Waals surface area (Å²) in [6.07, 6.45) is 4.05. The van der Waals surface area contributed by atoms with Crippen LogP contribution in [0.2, 0.25) is 0 Å². The van der Waals surface area contributed by atoms with Crippen LogP contribution in [-0.4, -0.2) is 62.7 Å². The first-order valence-electron chi connectivity index (χ1n) is 10.4. The van der Waals surface area contributed by atoms with Gasteiger partial charge in [-0.3, -0.25) is 14.7 Å². The number of aliphatic hydroxyl groups excluding tert-OH is 1. The van der Waals surface area contributed by atoms with Crippen molar-refractivity contribution in [1.29, 1.82) is 0 Å². The van der Waals surface area contributed by atoms with Crippen LogP contribution in [0.3, 0.4) is 0 Å². The van der Waals surface area contributed by atoms with Gasteiger partial charge in [0.25, 0.3) is 5.91 Å². The standard InChI is InChI=1S/C23H27N3O6S/c1-22(21(28)25-30,33(2,31)32)10-11-26-15-19-12-17(7-8-20(19)24-26)6-4-3-5-9-23(29)13-18(14-23)16-27/h7-8,12,15,18,27,29-30H,9-11,13-14,16H2,1-2H3,(H,25,28). The molecule has 0 spiro atoms. The van der Waals surface area contributed by atoms with Gasteiger partial charge in [0, 0.05) is 43.0 Å². The van der Waals surface area contributed by atoms with Crippen molar-refractivity contribution in [3.63, 3.8) is 0 Å². The summed E-state index contributed by atoms with van der Waals surface area (Å²) in [5.41, 5.74) is 2.02. The first-order valence-corrected chi connectivity index (χ1v) is 12.3. The SMILES string of the molecule is CC(CCn1cc2cc(C#CC#CCC3(O)CC(CO)C3)ccc2n1)(C(=O)NO)S(C)(=O)=O. The van der Waals surface area contributed by atoms with Crippen LogP contribution in [0.1, 0.15) is 38.2 Å². The smallest absolute Gasteiger partial charge is 0.264 e. The molecule has 9 nitrogen and oxygen atoms in total. The van der Waals surface area contributed by atoms with Gasteiger partial charge >= 0.3 is 0 Å². The first-order chi connectivity index (χ1) is 15.5. The maximum Gasteiger partial charge on any atom is 0.264 e. The summed E-state index contributed by atoms with van der Waals surface area (Å²) < 4.78 is 23.9. The summed E-state index contributed by atoms with van der Waals surface area (Å²) in [6.45, 7) is 1.50. The third-order valence-corrected chi connectivity index (χ3v) is 8.17. The van der Waals surface area contributed by atoms with Crippen molar-refractivity contribution in [1.82, 2.24) is 15.3 Å². The molecular weight excluding hydrogens is 446 g/mol. The molecule has 1 aromatic carbocycles. The van der Waals surface area contributed by atoms with Crippen molar-refractivity contribution in [2.75, 3.05) is 12.9 Å². The molecule has 0 saturated heterocycles. The maximum atomic E-state index is 12.1. The van der Waals surface area contributed by atoms with Crippen LogP contribution < -0.4 is 5.48 Å². The lowest BCUT2D eigenvalue weighted by molar-refractivity contribution is -0.131. The molecular formula is C23H27N3O6S. The minimum atomic E-state index is -3.78. The average Bonchev–Trinajstić information content (AvgIpc) is 3.16. The Morgan fingerprint density at radius 1 is 1.36 bits per heavy atom. The number of sulfone groups is 1. The van der Waals surface area contributed by atoms with Crippen LogP contribution in [0.15, 0.2) is 24.4 Å². The van der Waals surface area contributed by atoms with E-state index in [4.69, 9.17) is 10.3 Å². The van der Waals surface area contributed by atoms with E-state index in [1.165, 1.54) is 12.4 Å². The largest absolute Gasteiger partial charge is 0.396 e. The normalized spacial score (nSPS) is 21.7. The molecule has 1 unspecified atom stereocenters. The fourth-order valence-corrected chi connectivity index (χ4v) is 4.67. The molecule has 1 fully saturated rings. The number of hydrogen-bond acceptors (Lipinski definition) is 7. The number of aryl methyl sites for hydroxylation is 1. The van der Waals surface area contributed by atoms with E-state index in [2.05, 4.69) is 28.8 Å². The third kappa shape index (κ3) is 5.55. The summed E-state index contributed by atoms with van der Waals surface area (Å²) in [6, 6.07) is 5.40. The molecule has 1 amide bonds. The minimum absolute atomic E-state index is 0.0696. The molecule has 176 valence electrons. The zero-order valence-corrected chi connectivity index (χ0v) is 19.3. The van der Waals surface area contributed by atoms with Crippen LogP contribution in [-0.2, 0) is 21.2 Å². The van der Waals surface area contributed by atoms with Gasteiger partial charge in [0.15, 0.2) is 14.6 Å². The molecule has 10 heteroatoms. The summed E-state index contributed by atoms with van der Waals surface area (Å²) in [7, 11) is -3.78. The highest BCUT2D eigenvalue weighted by atomic mass is 32.2. The molecule has 0 aliphatic heterocycles. The monoisotopic (exact) mass is 473 g/mol. The van der Waals surface area contributed by atoms with Crippen molar-refractivity contribution < 1.29 is 28.6 Å². The average molecular weight is 474 g/mol. The van der Waals surface area contributed by atoms with Gasteiger partial charge in [-0.05, 0) is 62.1 Å². The minimum Gasteiger partial charge on any atom is -0.396 e. The zero-order chi connectivity index (χ0) is 24.3. The highest BCUT2D eigenvalue weighted by molar-refractivity contribution is 7.92. The Kier molecular flexibility index (Phi) is 7.15. The van der Waals surface area contributed by atoms with Gasteiger partial charge in [-0.15, -0.1) is 0 Å². The summed E-state index contributed by atoms with van der Waals surface area (Å²) >= 11 is 0. The molecule has 1 aliphatic rings. The molecule has 1 atom stereocenters. The van der Waals surface area contributed by atoms with Gasteiger partial charge in [0.1, 0.15) is 0 Å². The number of carbonyl (C=O) groups excluding carboxylic acids is 1. The first kappa shape index (κ1) is 24.7. The zero-order valence-electron chi connectivity index (χ0n) is 18.5. The van der Waals surface area contributed by atoms with Crippen molar-refractivity contribution in [2.45, 2.75) is 49.5 Å². The lowest BCUT2D eigenvalue weighted by Crippen LogP contribution is -2.49. The number of nitrogens with zero attached hydrogens (tertiary/aromatic N) is 2. The number of nitrogens with one attached hydrogen (secondary N) is 1. The van der Waals surface area contributed by atoms with Crippen molar-refractivity contribution in [2.24, 2.45) is 5.92 Å². The Bertz CT molecular complexity index is 1270. The predicted molar refractivity (Wildman–Crippen MR) is 122 cm³/mol. The molecule has 1 saturated carbocycles. The van der Waals surface area contributed by atoms with Crippen LogP contribution >= 0.6 is 0 Å². The Morgan fingerprint density at radius 2 is 2.09 bits per heavy atom. The van der Waals surface area contributed by atoms with Gasteiger partial charge in [0.05, 0.1) is 11.1 Å². The van der Waals surface area contributed by atoms with Crippen LogP contribution in [0.4, 0.5) is 0 Å². The van der Waals surface area contributed by atoms with E-state index in [9.17, 15) is 18.3 Å². The highest BCUT2D eigenvalue weighted by Gasteiger charge is 2.43. The lowest BCUT2D eigenvalue weighted by Gasteiger charge is -2.41. The number of rotatable bonds is 7. The quantitative estimate of drug-likeness (QED) is 0.262. The van der Waals surface area contributed by atoms with E-state index in [1.54, 1.807) is 23.0 Å². The molecule has 4 N–H and O–H groups in total. The van der Waals surface area contributed by atoms with Gasteiger partial charge in [-0.2, -0.15) is 5.10 Å². The number of amides is 1.